The molecule has 132 valence electrons. The number of halogens is 1. The van der Waals surface area contributed by atoms with Crippen LogP contribution in [0.4, 0.5) is 5.69 Å². The summed E-state index contributed by atoms with van der Waals surface area (Å²) in [6, 6.07) is 10.7. The van der Waals surface area contributed by atoms with Crippen LogP contribution in [0.2, 0.25) is 5.02 Å². The van der Waals surface area contributed by atoms with Gasteiger partial charge in [0.1, 0.15) is 5.75 Å². The van der Waals surface area contributed by atoms with Gasteiger partial charge in [-0.3, -0.25) is 9.69 Å². The zero-order chi connectivity index (χ0) is 18.8. The van der Waals surface area contributed by atoms with E-state index < -0.39 is 5.97 Å². The molecule has 0 saturated carbocycles. The normalized spacial score (nSPS) is 17.3. The molecule has 2 aromatic carbocycles. The Morgan fingerprint density at radius 3 is 2.77 bits per heavy atom. The maximum atomic E-state index is 12.4. The van der Waals surface area contributed by atoms with Gasteiger partial charge in [0.2, 0.25) is 0 Å². The first-order chi connectivity index (χ1) is 12.3. The Balaban J connectivity index is 1.94. The molecule has 1 saturated heterocycles. The van der Waals surface area contributed by atoms with E-state index in [0.29, 0.717) is 26.3 Å². The SMILES string of the molecule is CN1C(=O)/C(=C\c2cc(Cl)ccc2O)SC1=Nc1cccc(C(=O)O)c1. The number of thioether (sulfide) groups is 1. The van der Waals surface area contributed by atoms with Gasteiger partial charge in [0.05, 0.1) is 16.2 Å². The Kier molecular flexibility index (Phi) is 5.01. The molecule has 26 heavy (non-hydrogen) atoms. The van der Waals surface area contributed by atoms with Crippen molar-refractivity contribution < 1.29 is 19.8 Å². The lowest BCUT2D eigenvalue weighted by Crippen LogP contribution is -2.23. The summed E-state index contributed by atoms with van der Waals surface area (Å²) in [5, 5.41) is 19.8. The highest BCUT2D eigenvalue weighted by Crippen LogP contribution is 2.35. The van der Waals surface area contributed by atoms with Crippen LogP contribution in [0.1, 0.15) is 15.9 Å². The zero-order valence-corrected chi connectivity index (χ0v) is 15.1. The lowest BCUT2D eigenvalue weighted by molar-refractivity contribution is -0.121. The minimum Gasteiger partial charge on any atom is -0.507 e. The highest BCUT2D eigenvalue weighted by Gasteiger charge is 2.30. The zero-order valence-electron chi connectivity index (χ0n) is 13.5. The van der Waals surface area contributed by atoms with Crippen LogP contribution >= 0.6 is 23.4 Å². The minimum absolute atomic E-state index is 0.0116. The summed E-state index contributed by atoms with van der Waals surface area (Å²) in [6.45, 7) is 0. The molecule has 1 amide bonds. The molecule has 1 fully saturated rings. The summed E-state index contributed by atoms with van der Waals surface area (Å²) < 4.78 is 0. The number of carbonyl (C=O) groups is 2. The average Bonchev–Trinajstić information content (AvgIpc) is 2.86. The largest absolute Gasteiger partial charge is 0.507 e. The van der Waals surface area contributed by atoms with Crippen molar-refractivity contribution in [2.45, 2.75) is 0 Å². The number of carboxylic acids is 1. The summed E-state index contributed by atoms with van der Waals surface area (Å²) in [5.74, 6) is -1.31. The Labute approximate surface area is 158 Å². The van der Waals surface area contributed by atoms with Crippen LogP contribution in [0.3, 0.4) is 0 Å². The van der Waals surface area contributed by atoms with Gasteiger partial charge in [-0.2, -0.15) is 0 Å². The molecule has 1 heterocycles. The van der Waals surface area contributed by atoms with E-state index >= 15 is 0 Å². The number of benzene rings is 2. The van der Waals surface area contributed by atoms with Crippen LogP contribution in [-0.4, -0.2) is 39.2 Å². The van der Waals surface area contributed by atoms with Crippen molar-refractivity contribution in [3.8, 4) is 5.75 Å². The number of phenols is 1. The number of carboxylic acid groups (broad SMARTS) is 1. The Hall–Kier alpha value is -2.77. The highest BCUT2D eigenvalue weighted by atomic mass is 35.5. The topological polar surface area (TPSA) is 90.2 Å². The van der Waals surface area contributed by atoms with Crippen molar-refractivity contribution in [3.05, 3.63) is 63.5 Å². The third-order valence-corrected chi connectivity index (χ3v) is 4.89. The second kappa shape index (κ2) is 7.23. The number of amides is 1. The van der Waals surface area contributed by atoms with Gasteiger partial charge in [0.25, 0.3) is 5.91 Å². The maximum absolute atomic E-state index is 12.4. The smallest absolute Gasteiger partial charge is 0.335 e. The number of hydrogen-bond acceptors (Lipinski definition) is 5. The molecule has 0 atom stereocenters. The fourth-order valence-corrected chi connectivity index (χ4v) is 3.41. The van der Waals surface area contributed by atoms with Crippen LogP contribution < -0.4 is 0 Å². The fourth-order valence-electron chi connectivity index (χ4n) is 2.25. The van der Waals surface area contributed by atoms with E-state index in [1.54, 1.807) is 37.4 Å². The molecule has 0 radical (unpaired) electrons. The van der Waals surface area contributed by atoms with Gasteiger partial charge in [-0.25, -0.2) is 9.79 Å². The number of likely N-dealkylation sites (N-methyl/N-ethyl adjacent to an activating group) is 1. The van der Waals surface area contributed by atoms with Crippen molar-refractivity contribution in [1.29, 1.82) is 0 Å². The standard InChI is InChI=1S/C18H13ClN2O4S/c1-21-16(23)15(9-11-7-12(19)5-6-14(11)22)26-18(21)20-13-4-2-3-10(8-13)17(24)25/h2-9,22H,1H3,(H,24,25)/b15-9+,20-18?. The maximum Gasteiger partial charge on any atom is 0.335 e. The number of nitrogens with zero attached hydrogens (tertiary/aromatic N) is 2. The number of aromatic hydroxyl groups is 1. The number of hydrogen-bond donors (Lipinski definition) is 2. The first-order valence-corrected chi connectivity index (χ1v) is 8.63. The second-order valence-electron chi connectivity index (χ2n) is 5.43. The van der Waals surface area contributed by atoms with Gasteiger partial charge in [-0.1, -0.05) is 17.7 Å². The average molecular weight is 389 g/mol. The number of carbonyl (C=O) groups excluding carboxylic acids is 1. The Morgan fingerprint density at radius 2 is 2.04 bits per heavy atom. The molecule has 2 N–H and O–H groups in total. The monoisotopic (exact) mass is 388 g/mol. The van der Waals surface area contributed by atoms with Crippen molar-refractivity contribution in [3.63, 3.8) is 0 Å². The molecule has 0 unspecified atom stereocenters. The summed E-state index contributed by atoms with van der Waals surface area (Å²) in [6.07, 6.45) is 1.54. The first-order valence-electron chi connectivity index (χ1n) is 7.43. The molecule has 0 spiro atoms. The summed E-state index contributed by atoms with van der Waals surface area (Å²) in [5.41, 5.74) is 0.971. The molecule has 0 bridgehead atoms. The van der Waals surface area contributed by atoms with Crippen LogP contribution in [0.15, 0.2) is 52.4 Å². The third kappa shape index (κ3) is 3.74. The molecular weight excluding hydrogens is 376 g/mol. The number of amidine groups is 1. The van der Waals surface area contributed by atoms with Crippen molar-refractivity contribution in [2.75, 3.05) is 7.05 Å². The molecule has 6 nitrogen and oxygen atoms in total. The van der Waals surface area contributed by atoms with E-state index in [1.165, 1.54) is 23.1 Å². The van der Waals surface area contributed by atoms with Crippen LogP contribution in [0.5, 0.6) is 5.75 Å². The van der Waals surface area contributed by atoms with Crippen molar-refractivity contribution >= 4 is 52.2 Å². The molecule has 1 aliphatic heterocycles. The van der Waals surface area contributed by atoms with Crippen LogP contribution in [-0.2, 0) is 4.79 Å². The molecule has 0 aromatic heterocycles. The molecule has 8 heteroatoms. The summed E-state index contributed by atoms with van der Waals surface area (Å²) in [7, 11) is 1.58. The quantitative estimate of drug-likeness (QED) is 0.776. The second-order valence-corrected chi connectivity index (χ2v) is 6.87. The molecule has 2 aromatic rings. The van der Waals surface area contributed by atoms with Gasteiger partial charge in [-0.15, -0.1) is 0 Å². The summed E-state index contributed by atoms with van der Waals surface area (Å²) in [4.78, 5) is 29.6. The van der Waals surface area contributed by atoms with Gasteiger partial charge in [0, 0.05) is 17.6 Å². The molecule has 3 rings (SSSR count). The lowest BCUT2D eigenvalue weighted by Gasteiger charge is -2.07. The van der Waals surface area contributed by atoms with E-state index in [1.807, 2.05) is 0 Å². The van der Waals surface area contributed by atoms with Crippen LogP contribution in [0, 0.1) is 0 Å². The first kappa shape index (κ1) is 18.0. The Bertz CT molecular complexity index is 971. The van der Waals surface area contributed by atoms with Crippen molar-refractivity contribution in [1.82, 2.24) is 4.90 Å². The minimum atomic E-state index is -1.05. The van der Waals surface area contributed by atoms with E-state index in [2.05, 4.69) is 4.99 Å². The van der Waals surface area contributed by atoms with Gasteiger partial charge < -0.3 is 10.2 Å². The van der Waals surface area contributed by atoms with Gasteiger partial charge >= 0.3 is 5.97 Å². The number of phenolic OH excluding ortho intramolecular Hbond substituents is 1. The van der Waals surface area contributed by atoms with Crippen LogP contribution in [0.25, 0.3) is 6.08 Å². The van der Waals surface area contributed by atoms with E-state index in [0.717, 1.165) is 11.8 Å². The number of rotatable bonds is 3. The molecule has 1 aliphatic rings. The lowest BCUT2D eigenvalue weighted by atomic mass is 10.2. The van der Waals surface area contributed by atoms with Crippen molar-refractivity contribution in [2.24, 2.45) is 4.99 Å². The number of aliphatic imine (C=N–C) groups is 1. The number of aromatic carboxylic acids is 1. The Morgan fingerprint density at radius 1 is 1.27 bits per heavy atom. The van der Waals surface area contributed by atoms with Gasteiger partial charge in [-0.05, 0) is 54.2 Å². The molecular formula is C18H13ClN2O4S. The van der Waals surface area contributed by atoms with E-state index in [4.69, 9.17) is 16.7 Å². The highest BCUT2D eigenvalue weighted by molar-refractivity contribution is 8.18. The van der Waals surface area contributed by atoms with E-state index in [9.17, 15) is 14.7 Å². The fraction of sp³-hybridized carbons (Fsp3) is 0.0556. The predicted octanol–water partition coefficient (Wildman–Crippen LogP) is 3.98. The van der Waals surface area contributed by atoms with E-state index in [-0.39, 0.29) is 17.2 Å². The van der Waals surface area contributed by atoms with Gasteiger partial charge in [0.15, 0.2) is 5.17 Å². The molecule has 0 aliphatic carbocycles. The third-order valence-electron chi connectivity index (χ3n) is 3.60. The summed E-state index contributed by atoms with van der Waals surface area (Å²) >= 11 is 7.06. The predicted molar refractivity (Wildman–Crippen MR) is 102 cm³/mol.